The molecule has 0 spiro atoms. The zero-order valence-electron chi connectivity index (χ0n) is 22.7. The summed E-state index contributed by atoms with van der Waals surface area (Å²) in [5.74, 6) is -0.0175. The third-order valence-electron chi connectivity index (χ3n) is 6.81. The van der Waals surface area contributed by atoms with E-state index in [4.69, 9.17) is 0 Å². The maximum Gasteiger partial charge on any atom is 0.230 e. The van der Waals surface area contributed by atoms with Gasteiger partial charge >= 0.3 is 0 Å². The molecule has 4 aromatic heterocycles. The van der Waals surface area contributed by atoms with Crippen LogP contribution in [-0.2, 0) is 41.7 Å². The molecule has 0 bridgehead atoms. The van der Waals surface area contributed by atoms with Crippen LogP contribution in [0.15, 0.2) is 73.1 Å². The van der Waals surface area contributed by atoms with Crippen molar-refractivity contribution in [3.63, 3.8) is 0 Å². The van der Waals surface area contributed by atoms with E-state index < -0.39 is 0 Å². The fraction of sp³-hybridized carbons (Fsp3) is 0.226. The first-order valence-electron chi connectivity index (χ1n) is 13.7. The van der Waals surface area contributed by atoms with Crippen LogP contribution in [-0.4, -0.2) is 42.1 Å². The third kappa shape index (κ3) is 6.87. The highest BCUT2D eigenvalue weighted by molar-refractivity contribution is 7.15. The number of nitrogens with zero attached hydrogens (tertiary/aromatic N) is 6. The number of hydrogen-bond acceptors (Lipinski definition) is 10. The number of Topliss-reactive ketones (excluding diaryl/α,β-unsaturated/α-hetero) is 1. The van der Waals surface area contributed by atoms with Crippen LogP contribution in [0.4, 0.5) is 5.13 Å². The van der Waals surface area contributed by atoms with E-state index in [0.717, 1.165) is 73.6 Å². The number of amides is 1. The predicted molar refractivity (Wildman–Crippen MR) is 165 cm³/mol. The number of pyridine rings is 2. The second-order valence-corrected chi connectivity index (χ2v) is 12.1. The number of fused-ring (bicyclic) bond motifs is 2. The van der Waals surface area contributed by atoms with Crippen molar-refractivity contribution in [1.82, 2.24) is 30.4 Å². The minimum absolute atomic E-state index is 0.113. The van der Waals surface area contributed by atoms with Crippen LogP contribution in [0.1, 0.15) is 39.0 Å². The monoisotopic (exact) mass is 593 g/mol. The quantitative estimate of drug-likeness (QED) is 0.182. The van der Waals surface area contributed by atoms with Crippen molar-refractivity contribution in [2.45, 2.75) is 44.9 Å². The van der Waals surface area contributed by atoms with Gasteiger partial charge in [-0.2, -0.15) is 0 Å². The molecule has 11 heteroatoms. The lowest BCUT2D eigenvalue weighted by Crippen LogP contribution is -2.14. The molecule has 0 saturated heterocycles. The van der Waals surface area contributed by atoms with Gasteiger partial charge in [-0.15, -0.1) is 31.7 Å². The molecule has 6 rings (SSSR count). The minimum Gasteiger partial charge on any atom is -0.300 e. The Hall–Kier alpha value is -4.48. The molecule has 4 heterocycles. The number of hydrogen-bond donors (Lipinski definition) is 1. The molecule has 0 unspecified atom stereocenters. The highest BCUT2D eigenvalue weighted by Gasteiger charge is 2.14. The van der Waals surface area contributed by atoms with Crippen molar-refractivity contribution < 1.29 is 9.59 Å². The first kappa shape index (κ1) is 27.7. The van der Waals surface area contributed by atoms with Crippen molar-refractivity contribution in [3.8, 4) is 0 Å². The van der Waals surface area contributed by atoms with E-state index >= 15 is 0 Å². The van der Waals surface area contributed by atoms with Crippen molar-refractivity contribution in [2.75, 3.05) is 5.32 Å². The highest BCUT2D eigenvalue weighted by atomic mass is 32.1. The molecule has 42 heavy (non-hydrogen) atoms. The summed E-state index contributed by atoms with van der Waals surface area (Å²) in [5, 5.41) is 24.8. The third-order valence-corrected chi connectivity index (χ3v) is 8.69. The van der Waals surface area contributed by atoms with Crippen LogP contribution in [0.2, 0.25) is 0 Å². The number of carbonyl (C=O) groups is 2. The first-order valence-corrected chi connectivity index (χ1v) is 15.3. The van der Waals surface area contributed by atoms with E-state index in [0.29, 0.717) is 11.6 Å². The van der Waals surface area contributed by atoms with E-state index in [-0.39, 0.29) is 24.5 Å². The Labute approximate surface area is 250 Å². The lowest BCUT2D eigenvalue weighted by Gasteiger charge is -2.05. The fourth-order valence-corrected chi connectivity index (χ4v) is 6.55. The fourth-order valence-electron chi connectivity index (χ4n) is 4.84. The summed E-state index contributed by atoms with van der Waals surface area (Å²) >= 11 is 2.90. The number of ketones is 1. The number of nitrogens with one attached hydrogen (secondary N) is 1. The molecule has 2 aromatic carbocycles. The maximum atomic E-state index is 12.7. The molecular formula is C31H27N7O2S2. The van der Waals surface area contributed by atoms with E-state index in [1.165, 1.54) is 22.7 Å². The molecule has 0 radical (unpaired) electrons. The molecular weight excluding hydrogens is 567 g/mol. The van der Waals surface area contributed by atoms with Crippen LogP contribution in [0.25, 0.3) is 21.8 Å². The number of carbonyl (C=O) groups excluding carboxylic acids is 2. The first-order chi connectivity index (χ1) is 20.6. The predicted octanol–water partition coefficient (Wildman–Crippen LogP) is 5.59. The van der Waals surface area contributed by atoms with Gasteiger partial charge in [0.2, 0.25) is 11.0 Å². The molecule has 9 nitrogen and oxygen atoms in total. The highest BCUT2D eigenvalue weighted by Crippen LogP contribution is 2.22. The van der Waals surface area contributed by atoms with Crippen molar-refractivity contribution in [3.05, 3.63) is 99.2 Å². The molecule has 0 fully saturated rings. The van der Waals surface area contributed by atoms with Gasteiger partial charge in [-0.1, -0.05) is 47.7 Å². The van der Waals surface area contributed by atoms with Gasteiger partial charge in [0.05, 0.1) is 23.9 Å². The minimum atomic E-state index is -0.131. The van der Waals surface area contributed by atoms with E-state index in [1.54, 1.807) is 12.4 Å². The molecule has 0 atom stereocenters. The summed E-state index contributed by atoms with van der Waals surface area (Å²) in [6.07, 6.45) is 7.78. The molecule has 0 aliphatic carbocycles. The number of benzene rings is 2. The van der Waals surface area contributed by atoms with E-state index in [2.05, 4.69) is 35.7 Å². The zero-order chi connectivity index (χ0) is 28.7. The number of aromatic nitrogens is 6. The second kappa shape index (κ2) is 13.0. The summed E-state index contributed by atoms with van der Waals surface area (Å²) < 4.78 is 0. The number of aryl methyl sites for hydroxylation is 2. The Kier molecular flexibility index (Phi) is 8.57. The van der Waals surface area contributed by atoms with Crippen LogP contribution < -0.4 is 5.32 Å². The van der Waals surface area contributed by atoms with Gasteiger partial charge in [-0.3, -0.25) is 19.6 Å². The summed E-state index contributed by atoms with van der Waals surface area (Å²) in [6.45, 7) is 0. The average Bonchev–Trinajstić information content (AvgIpc) is 3.64. The Morgan fingerprint density at radius 1 is 0.619 bits per heavy atom. The van der Waals surface area contributed by atoms with Crippen LogP contribution in [0.3, 0.4) is 0 Å². The van der Waals surface area contributed by atoms with Crippen molar-refractivity contribution >= 4 is 61.3 Å². The Balaban J connectivity index is 0.936. The van der Waals surface area contributed by atoms with Gasteiger partial charge in [0.25, 0.3) is 0 Å². The molecule has 6 aromatic rings. The Morgan fingerprint density at radius 2 is 1.21 bits per heavy atom. The number of unbranched alkanes of at least 4 members (excludes halogenated alkanes) is 1. The normalized spacial score (nSPS) is 11.2. The van der Waals surface area contributed by atoms with E-state index in [9.17, 15) is 9.59 Å². The smallest absolute Gasteiger partial charge is 0.230 e. The summed E-state index contributed by atoms with van der Waals surface area (Å²) in [6, 6.07) is 19.4. The SMILES string of the molecule is O=C(Cc1nnc(CCCCc2nnc(NC(=O)Cc3cccc4ncccc34)s2)s1)Cc1cccc2ncccc12. The maximum absolute atomic E-state index is 12.7. The standard InChI is InChI=1S/C31H27N7O2S2/c39-22(17-20-7-3-11-25-23(20)9-5-15-32-25)19-30-37-35-28(41-30)13-1-2-14-29-36-38-31(42-29)34-27(40)18-21-8-4-12-26-24(21)10-6-16-33-26/h3-12,15-16H,1-2,13-14,17-19H2,(H,34,38,40). The molecule has 0 aliphatic heterocycles. The zero-order valence-corrected chi connectivity index (χ0v) is 24.3. The van der Waals surface area contributed by atoms with Gasteiger partial charge < -0.3 is 5.32 Å². The molecule has 210 valence electrons. The lowest BCUT2D eigenvalue weighted by atomic mass is 10.0. The van der Waals surface area contributed by atoms with Gasteiger partial charge in [-0.05, 0) is 48.2 Å². The molecule has 1 amide bonds. The Bertz CT molecular complexity index is 1720. The second-order valence-electron chi connectivity index (χ2n) is 9.89. The largest absolute Gasteiger partial charge is 0.300 e. The summed E-state index contributed by atoms with van der Waals surface area (Å²) in [4.78, 5) is 34.1. The average molecular weight is 594 g/mol. The van der Waals surface area contributed by atoms with Crippen LogP contribution in [0, 0.1) is 0 Å². The van der Waals surface area contributed by atoms with Crippen LogP contribution in [0.5, 0.6) is 0 Å². The van der Waals surface area contributed by atoms with Crippen molar-refractivity contribution in [2.24, 2.45) is 0 Å². The van der Waals surface area contributed by atoms with Gasteiger partial charge in [0.1, 0.15) is 20.8 Å². The molecule has 0 aliphatic rings. The van der Waals surface area contributed by atoms with Crippen LogP contribution >= 0.6 is 22.7 Å². The Morgan fingerprint density at radius 3 is 1.90 bits per heavy atom. The molecule has 0 saturated carbocycles. The lowest BCUT2D eigenvalue weighted by molar-refractivity contribution is -0.118. The van der Waals surface area contributed by atoms with Gasteiger partial charge in [0, 0.05) is 42.4 Å². The topological polar surface area (TPSA) is 124 Å². The summed E-state index contributed by atoms with van der Waals surface area (Å²) in [5.41, 5.74) is 3.67. The summed E-state index contributed by atoms with van der Waals surface area (Å²) in [7, 11) is 0. The van der Waals surface area contributed by atoms with Gasteiger partial charge in [-0.25, -0.2) is 0 Å². The number of anilines is 1. The molecule has 1 N–H and O–H groups in total. The van der Waals surface area contributed by atoms with Gasteiger partial charge in [0.15, 0.2) is 0 Å². The van der Waals surface area contributed by atoms with Crippen molar-refractivity contribution in [1.29, 1.82) is 0 Å². The van der Waals surface area contributed by atoms with E-state index in [1.807, 2.05) is 60.7 Å². The number of rotatable bonds is 12.